The summed E-state index contributed by atoms with van der Waals surface area (Å²) in [5, 5.41) is 10.2. The topological polar surface area (TPSA) is 88.3 Å². The number of aromatic amines is 1. The van der Waals surface area contributed by atoms with Gasteiger partial charge in [-0.2, -0.15) is 0 Å². The first-order valence-electron chi connectivity index (χ1n) is 5.21. The molecule has 0 spiro atoms. The number of aromatic nitrogens is 1. The van der Waals surface area contributed by atoms with Gasteiger partial charge >= 0.3 is 5.97 Å². The van der Waals surface area contributed by atoms with Crippen molar-refractivity contribution in [1.29, 1.82) is 0 Å². The van der Waals surface area contributed by atoms with E-state index >= 15 is 0 Å². The van der Waals surface area contributed by atoms with Crippen LogP contribution in [0.4, 0.5) is 0 Å². The van der Waals surface area contributed by atoms with Gasteiger partial charge in [0.2, 0.25) is 5.72 Å². The van der Waals surface area contributed by atoms with Crippen LogP contribution in [0.25, 0.3) is 10.9 Å². The molecule has 0 saturated carbocycles. The first-order valence-corrected chi connectivity index (χ1v) is 5.21. The van der Waals surface area contributed by atoms with Crippen LogP contribution in [-0.4, -0.2) is 21.8 Å². The summed E-state index contributed by atoms with van der Waals surface area (Å²) in [5.74, 6) is -0.841. The molecule has 0 aliphatic carbocycles. The molecular formula is C12H14N2O3. The van der Waals surface area contributed by atoms with Crippen LogP contribution in [0.3, 0.4) is 0 Å². The molecule has 2 aromatic rings. The van der Waals surface area contributed by atoms with Crippen molar-refractivity contribution in [3.63, 3.8) is 0 Å². The summed E-state index contributed by atoms with van der Waals surface area (Å²) in [6, 6.07) is 7.58. The van der Waals surface area contributed by atoms with Gasteiger partial charge in [0.05, 0.1) is 0 Å². The molecule has 0 aliphatic heterocycles. The van der Waals surface area contributed by atoms with Gasteiger partial charge in [0.1, 0.15) is 6.61 Å². The maximum absolute atomic E-state index is 11.2. The van der Waals surface area contributed by atoms with E-state index in [2.05, 4.69) is 4.98 Å². The van der Waals surface area contributed by atoms with Gasteiger partial charge in [0.25, 0.3) is 0 Å². The van der Waals surface area contributed by atoms with Crippen LogP contribution in [0.5, 0.6) is 0 Å². The fourth-order valence-electron chi connectivity index (χ4n) is 1.49. The number of carbonyl (C=O) groups is 1. The number of ether oxygens (including phenoxy) is 1. The number of H-pyrrole nitrogens is 1. The van der Waals surface area contributed by atoms with Gasteiger partial charge in [-0.1, -0.05) is 6.07 Å². The molecule has 90 valence electrons. The molecule has 0 radical (unpaired) electrons. The molecule has 1 aromatic carbocycles. The number of fused-ring (bicyclic) bond motifs is 1. The minimum absolute atomic E-state index is 0.0906. The van der Waals surface area contributed by atoms with Crippen molar-refractivity contribution in [3.05, 3.63) is 36.0 Å². The highest BCUT2D eigenvalue weighted by Gasteiger charge is 2.26. The lowest BCUT2D eigenvalue weighted by atomic mass is 10.2. The summed E-state index contributed by atoms with van der Waals surface area (Å²) in [6.07, 6.45) is 1.84. The third-order valence-electron chi connectivity index (χ3n) is 2.40. The van der Waals surface area contributed by atoms with Crippen molar-refractivity contribution in [3.8, 4) is 0 Å². The number of hydrogen-bond acceptors (Lipinski definition) is 4. The number of carbonyl (C=O) groups excluding carboxylic acids is 1. The first-order chi connectivity index (χ1) is 7.97. The molecule has 1 atom stereocenters. The summed E-state index contributed by atoms with van der Waals surface area (Å²) in [7, 11) is 0. The largest absolute Gasteiger partial charge is 0.458 e. The van der Waals surface area contributed by atoms with Gasteiger partial charge < -0.3 is 14.8 Å². The Labute approximate surface area is 98.2 Å². The Bertz CT molecular complexity index is 540. The average Bonchev–Trinajstić information content (AvgIpc) is 2.71. The van der Waals surface area contributed by atoms with Gasteiger partial charge in [0.15, 0.2) is 0 Å². The minimum Gasteiger partial charge on any atom is -0.458 e. The second-order valence-corrected chi connectivity index (χ2v) is 4.12. The highest BCUT2D eigenvalue weighted by molar-refractivity contribution is 5.80. The fourth-order valence-corrected chi connectivity index (χ4v) is 1.49. The second kappa shape index (κ2) is 4.20. The number of hydrogen-bond donors (Lipinski definition) is 3. The Balaban J connectivity index is 2.06. The van der Waals surface area contributed by atoms with Crippen LogP contribution in [-0.2, 0) is 16.1 Å². The van der Waals surface area contributed by atoms with E-state index in [0.29, 0.717) is 0 Å². The quantitative estimate of drug-likeness (QED) is 0.543. The molecule has 5 nitrogen and oxygen atoms in total. The number of rotatable bonds is 3. The monoisotopic (exact) mass is 234 g/mol. The number of esters is 1. The van der Waals surface area contributed by atoms with Crippen molar-refractivity contribution in [2.24, 2.45) is 5.73 Å². The Kier molecular flexibility index (Phi) is 2.87. The molecule has 0 aliphatic rings. The van der Waals surface area contributed by atoms with E-state index in [4.69, 9.17) is 10.5 Å². The SMILES string of the molecule is CC(N)(O)C(=O)OCc1ccc2[nH]ccc2c1. The van der Waals surface area contributed by atoms with Crippen LogP contribution < -0.4 is 5.73 Å². The molecule has 0 amide bonds. The lowest BCUT2D eigenvalue weighted by Crippen LogP contribution is -2.45. The second-order valence-electron chi connectivity index (χ2n) is 4.12. The van der Waals surface area contributed by atoms with E-state index < -0.39 is 11.7 Å². The van der Waals surface area contributed by atoms with Gasteiger partial charge in [-0.15, -0.1) is 0 Å². The lowest BCUT2D eigenvalue weighted by Gasteiger charge is -2.15. The molecule has 4 N–H and O–H groups in total. The van der Waals surface area contributed by atoms with Crippen molar-refractivity contribution in [2.75, 3.05) is 0 Å². The molecular weight excluding hydrogens is 220 g/mol. The molecule has 5 heteroatoms. The van der Waals surface area contributed by atoms with Crippen LogP contribution in [0.1, 0.15) is 12.5 Å². The predicted molar refractivity (Wildman–Crippen MR) is 62.9 cm³/mol. The van der Waals surface area contributed by atoms with Crippen LogP contribution in [0, 0.1) is 0 Å². The van der Waals surface area contributed by atoms with Gasteiger partial charge in [-0.25, -0.2) is 4.79 Å². The lowest BCUT2D eigenvalue weighted by molar-refractivity contribution is -0.164. The zero-order valence-corrected chi connectivity index (χ0v) is 9.43. The Morgan fingerprint density at radius 1 is 1.53 bits per heavy atom. The summed E-state index contributed by atoms with van der Waals surface area (Å²) in [4.78, 5) is 14.3. The number of nitrogens with two attached hydrogens (primary N) is 1. The van der Waals surface area contributed by atoms with E-state index in [-0.39, 0.29) is 6.61 Å². The van der Waals surface area contributed by atoms with Gasteiger partial charge in [0, 0.05) is 11.7 Å². The zero-order valence-electron chi connectivity index (χ0n) is 9.43. The van der Waals surface area contributed by atoms with Gasteiger partial charge in [-0.3, -0.25) is 5.73 Å². The standard InChI is InChI=1S/C12H14N2O3/c1-12(13,16)11(15)17-7-8-2-3-10-9(6-8)4-5-14-10/h2-6,14,16H,7,13H2,1H3. The van der Waals surface area contributed by atoms with E-state index in [0.717, 1.165) is 16.5 Å². The molecule has 1 aromatic heterocycles. The highest BCUT2D eigenvalue weighted by Crippen LogP contribution is 2.15. The zero-order chi connectivity index (χ0) is 12.5. The van der Waals surface area contributed by atoms with Crippen LogP contribution in [0.2, 0.25) is 0 Å². The summed E-state index contributed by atoms with van der Waals surface area (Å²) in [5.41, 5.74) is 5.11. The Morgan fingerprint density at radius 3 is 3.00 bits per heavy atom. The minimum atomic E-state index is -1.95. The van der Waals surface area contributed by atoms with Crippen LogP contribution >= 0.6 is 0 Å². The van der Waals surface area contributed by atoms with E-state index in [1.807, 2.05) is 30.5 Å². The van der Waals surface area contributed by atoms with Crippen molar-refractivity contribution < 1.29 is 14.6 Å². The summed E-state index contributed by atoms with van der Waals surface area (Å²) >= 11 is 0. The van der Waals surface area contributed by atoms with Crippen LogP contribution in [0.15, 0.2) is 30.5 Å². The highest BCUT2D eigenvalue weighted by atomic mass is 16.6. The van der Waals surface area contributed by atoms with E-state index in [1.54, 1.807) is 0 Å². The molecule has 0 fully saturated rings. The Morgan fingerprint density at radius 2 is 2.29 bits per heavy atom. The van der Waals surface area contributed by atoms with Gasteiger partial charge in [-0.05, 0) is 36.1 Å². The number of aliphatic hydroxyl groups is 1. The molecule has 17 heavy (non-hydrogen) atoms. The Hall–Kier alpha value is -1.85. The number of benzene rings is 1. The van der Waals surface area contributed by atoms with Crippen molar-refractivity contribution in [1.82, 2.24) is 4.98 Å². The van der Waals surface area contributed by atoms with Crippen molar-refractivity contribution in [2.45, 2.75) is 19.3 Å². The smallest absolute Gasteiger partial charge is 0.353 e. The molecule has 1 unspecified atom stereocenters. The third-order valence-corrected chi connectivity index (χ3v) is 2.40. The summed E-state index contributed by atoms with van der Waals surface area (Å²) < 4.78 is 4.89. The van der Waals surface area contributed by atoms with E-state index in [1.165, 1.54) is 6.92 Å². The molecule has 0 bridgehead atoms. The maximum atomic E-state index is 11.2. The third kappa shape index (κ3) is 2.64. The maximum Gasteiger partial charge on any atom is 0.353 e. The fraction of sp³-hybridized carbons (Fsp3) is 0.250. The van der Waals surface area contributed by atoms with Crippen molar-refractivity contribution >= 4 is 16.9 Å². The predicted octanol–water partition coefficient (Wildman–Crippen LogP) is 0.878. The first kappa shape index (κ1) is 11.6. The summed E-state index contributed by atoms with van der Waals surface area (Å²) in [6.45, 7) is 1.28. The normalized spacial score (nSPS) is 14.5. The molecule has 2 rings (SSSR count). The number of nitrogens with one attached hydrogen (secondary N) is 1. The molecule has 0 saturated heterocycles. The average molecular weight is 234 g/mol. The molecule has 1 heterocycles. The van der Waals surface area contributed by atoms with E-state index in [9.17, 15) is 9.90 Å².